The molecule has 1 saturated carbocycles. The third kappa shape index (κ3) is 2.65. The van der Waals surface area contributed by atoms with Crippen molar-refractivity contribution in [1.29, 1.82) is 0 Å². The molecule has 1 saturated heterocycles. The second kappa shape index (κ2) is 4.36. The first-order valence-corrected chi connectivity index (χ1v) is 6.01. The largest absolute Gasteiger partial charge is 0.391 e. The van der Waals surface area contributed by atoms with Gasteiger partial charge in [-0.2, -0.15) is 13.2 Å². The van der Waals surface area contributed by atoms with Crippen molar-refractivity contribution in [1.82, 2.24) is 5.32 Å². The van der Waals surface area contributed by atoms with E-state index in [0.29, 0.717) is 10.5 Å². The minimum atomic E-state index is -4.16. The highest BCUT2D eigenvalue weighted by Crippen LogP contribution is 2.42. The Morgan fingerprint density at radius 3 is 2.18 bits per heavy atom. The molecule has 2 aliphatic rings. The number of thioether (sulfide) groups is 1. The summed E-state index contributed by atoms with van der Waals surface area (Å²) < 4.78 is 37.3. The summed E-state index contributed by atoms with van der Waals surface area (Å²) in [6.07, 6.45) is -3.66. The van der Waals surface area contributed by atoms with Crippen molar-refractivity contribution in [3.05, 3.63) is 10.5 Å². The number of amides is 2. The van der Waals surface area contributed by atoms with E-state index in [2.05, 4.69) is 5.32 Å². The van der Waals surface area contributed by atoms with Gasteiger partial charge in [-0.05, 0) is 37.4 Å². The van der Waals surface area contributed by atoms with Crippen molar-refractivity contribution in [2.45, 2.75) is 31.9 Å². The fourth-order valence-corrected chi connectivity index (χ4v) is 2.89. The number of nitrogens with one attached hydrogen (secondary N) is 1. The first-order valence-electron chi connectivity index (χ1n) is 5.20. The minimum Gasteiger partial charge on any atom is -0.282 e. The van der Waals surface area contributed by atoms with Gasteiger partial charge >= 0.3 is 6.18 Å². The van der Waals surface area contributed by atoms with Crippen LogP contribution < -0.4 is 5.32 Å². The summed E-state index contributed by atoms with van der Waals surface area (Å²) >= 11 is 0.788. The van der Waals surface area contributed by atoms with E-state index in [9.17, 15) is 22.8 Å². The van der Waals surface area contributed by atoms with Gasteiger partial charge in [-0.25, -0.2) is 0 Å². The molecule has 0 bridgehead atoms. The Balaban J connectivity index is 2.07. The van der Waals surface area contributed by atoms with E-state index in [1.807, 2.05) is 0 Å². The van der Waals surface area contributed by atoms with Gasteiger partial charge in [-0.1, -0.05) is 5.57 Å². The standard InChI is InChI=1S/C10H10F3NO2S/c11-10(12,13)6-3-1-5(2-4-6)7-8(15)14-9(16)17-7/h6H,1-4H2,(H,14,15,16). The maximum atomic E-state index is 12.4. The summed E-state index contributed by atoms with van der Waals surface area (Å²) in [5, 5.41) is 1.66. The van der Waals surface area contributed by atoms with Crippen LogP contribution in [-0.2, 0) is 4.79 Å². The topological polar surface area (TPSA) is 46.2 Å². The molecule has 2 amide bonds. The van der Waals surface area contributed by atoms with Crippen LogP contribution in [0.1, 0.15) is 25.7 Å². The lowest BCUT2D eigenvalue weighted by atomic mass is 9.85. The molecule has 0 aromatic rings. The van der Waals surface area contributed by atoms with Crippen molar-refractivity contribution < 1.29 is 22.8 Å². The average molecular weight is 265 g/mol. The number of carbonyl (C=O) groups excluding carboxylic acids is 2. The van der Waals surface area contributed by atoms with E-state index in [0.717, 1.165) is 11.8 Å². The number of halogens is 3. The lowest BCUT2D eigenvalue weighted by molar-refractivity contribution is -0.179. The summed E-state index contributed by atoms with van der Waals surface area (Å²) in [5.74, 6) is -1.75. The Kier molecular flexibility index (Phi) is 3.20. The fraction of sp³-hybridized carbons (Fsp3) is 0.600. The van der Waals surface area contributed by atoms with Crippen molar-refractivity contribution in [3.8, 4) is 0 Å². The SMILES string of the molecule is O=C1NC(=O)C(=C2CCC(C(F)(F)F)CC2)S1. The van der Waals surface area contributed by atoms with Gasteiger partial charge in [-0.15, -0.1) is 0 Å². The molecule has 2 fully saturated rings. The molecular weight excluding hydrogens is 255 g/mol. The Morgan fingerprint density at radius 2 is 1.76 bits per heavy atom. The first kappa shape index (κ1) is 12.5. The Bertz CT molecular complexity index is 393. The summed E-state index contributed by atoms with van der Waals surface area (Å²) in [7, 11) is 0. The number of allylic oxidation sites excluding steroid dienone is 1. The summed E-state index contributed by atoms with van der Waals surface area (Å²) in [5.41, 5.74) is 0.679. The fourth-order valence-electron chi connectivity index (χ4n) is 2.07. The number of rotatable bonds is 0. The molecule has 0 radical (unpaired) electrons. The maximum absolute atomic E-state index is 12.4. The van der Waals surface area contributed by atoms with Gasteiger partial charge in [0.2, 0.25) is 0 Å². The van der Waals surface area contributed by atoms with Gasteiger partial charge in [0.25, 0.3) is 11.1 Å². The predicted molar refractivity (Wildman–Crippen MR) is 56.2 cm³/mol. The number of imide groups is 1. The second-order valence-electron chi connectivity index (χ2n) is 4.09. The molecule has 94 valence electrons. The van der Waals surface area contributed by atoms with Gasteiger partial charge in [0, 0.05) is 0 Å². The average Bonchev–Trinajstić information content (AvgIpc) is 2.57. The smallest absolute Gasteiger partial charge is 0.282 e. The van der Waals surface area contributed by atoms with Crippen LogP contribution >= 0.6 is 11.8 Å². The van der Waals surface area contributed by atoms with Crippen LogP contribution in [0, 0.1) is 5.92 Å². The van der Waals surface area contributed by atoms with Crippen LogP contribution in [0.15, 0.2) is 10.5 Å². The molecule has 17 heavy (non-hydrogen) atoms. The first-order chi connectivity index (χ1) is 7.88. The van der Waals surface area contributed by atoms with Crippen molar-refractivity contribution in [3.63, 3.8) is 0 Å². The van der Waals surface area contributed by atoms with Crippen molar-refractivity contribution in [2.75, 3.05) is 0 Å². The van der Waals surface area contributed by atoms with Crippen LogP contribution in [0.5, 0.6) is 0 Å². The molecule has 1 heterocycles. The maximum Gasteiger partial charge on any atom is 0.391 e. The summed E-state index contributed by atoms with van der Waals surface area (Å²) in [6, 6.07) is 0. The van der Waals surface area contributed by atoms with Crippen LogP contribution in [0.3, 0.4) is 0 Å². The van der Waals surface area contributed by atoms with E-state index in [-0.39, 0.29) is 25.7 Å². The molecule has 1 N–H and O–H groups in total. The molecule has 0 aromatic heterocycles. The summed E-state index contributed by atoms with van der Waals surface area (Å²) in [4.78, 5) is 22.6. The van der Waals surface area contributed by atoms with Crippen LogP contribution in [0.25, 0.3) is 0 Å². The Hall–Kier alpha value is -0.980. The van der Waals surface area contributed by atoms with Gasteiger partial charge in [0.1, 0.15) is 0 Å². The van der Waals surface area contributed by atoms with E-state index >= 15 is 0 Å². The molecule has 0 unspecified atom stereocenters. The third-order valence-electron chi connectivity index (χ3n) is 2.99. The highest BCUT2D eigenvalue weighted by atomic mass is 32.2. The number of alkyl halides is 3. The zero-order chi connectivity index (χ0) is 12.6. The lowest BCUT2D eigenvalue weighted by Gasteiger charge is -2.26. The summed E-state index contributed by atoms with van der Waals surface area (Å²) in [6.45, 7) is 0. The highest BCUT2D eigenvalue weighted by Gasteiger charge is 2.41. The van der Waals surface area contributed by atoms with Crippen LogP contribution in [0.2, 0.25) is 0 Å². The highest BCUT2D eigenvalue weighted by molar-refractivity contribution is 8.18. The predicted octanol–water partition coefficient (Wildman–Crippen LogP) is 2.98. The quantitative estimate of drug-likeness (QED) is 0.685. The van der Waals surface area contributed by atoms with Gasteiger partial charge in [0.15, 0.2) is 0 Å². The Morgan fingerprint density at radius 1 is 1.18 bits per heavy atom. The minimum absolute atomic E-state index is 0.00433. The zero-order valence-corrected chi connectivity index (χ0v) is 9.58. The van der Waals surface area contributed by atoms with Gasteiger partial charge in [-0.3, -0.25) is 14.9 Å². The molecule has 0 atom stereocenters. The van der Waals surface area contributed by atoms with E-state index in [1.54, 1.807) is 0 Å². The van der Waals surface area contributed by atoms with E-state index < -0.39 is 23.2 Å². The molecular formula is C10H10F3NO2S. The van der Waals surface area contributed by atoms with E-state index in [4.69, 9.17) is 0 Å². The third-order valence-corrected chi connectivity index (χ3v) is 3.96. The molecule has 3 nitrogen and oxygen atoms in total. The normalized spacial score (nSPS) is 26.4. The van der Waals surface area contributed by atoms with Crippen molar-refractivity contribution in [2.24, 2.45) is 5.92 Å². The Labute approximate surface area is 99.8 Å². The number of hydrogen-bond donors (Lipinski definition) is 1. The van der Waals surface area contributed by atoms with Gasteiger partial charge < -0.3 is 0 Å². The van der Waals surface area contributed by atoms with Crippen molar-refractivity contribution >= 4 is 22.9 Å². The molecule has 7 heteroatoms. The van der Waals surface area contributed by atoms with Gasteiger partial charge in [0.05, 0.1) is 10.8 Å². The lowest BCUT2D eigenvalue weighted by Crippen LogP contribution is -2.26. The molecule has 2 rings (SSSR count). The number of hydrogen-bond acceptors (Lipinski definition) is 3. The monoisotopic (exact) mass is 265 g/mol. The van der Waals surface area contributed by atoms with Crippen LogP contribution in [0.4, 0.5) is 18.0 Å². The molecule has 0 spiro atoms. The second-order valence-corrected chi connectivity index (χ2v) is 5.08. The molecule has 1 aliphatic heterocycles. The van der Waals surface area contributed by atoms with E-state index in [1.165, 1.54) is 0 Å². The molecule has 1 aliphatic carbocycles. The zero-order valence-electron chi connectivity index (χ0n) is 8.76. The van der Waals surface area contributed by atoms with Crippen LogP contribution in [-0.4, -0.2) is 17.3 Å². The molecule has 0 aromatic carbocycles. The number of carbonyl (C=O) groups is 2.